The molecule has 0 aliphatic carbocycles. The van der Waals surface area contributed by atoms with Crippen LogP contribution in [0.2, 0.25) is 5.02 Å². The van der Waals surface area contributed by atoms with Crippen molar-refractivity contribution in [3.05, 3.63) is 39.2 Å². The van der Waals surface area contributed by atoms with Crippen LogP contribution in [0, 0.1) is 6.92 Å². The Hall–Kier alpha value is -2.54. The Balaban J connectivity index is 2.28. The third-order valence-corrected chi connectivity index (χ3v) is 2.92. The smallest absolute Gasteiger partial charge is 0.336 e. The van der Waals surface area contributed by atoms with Gasteiger partial charge >= 0.3 is 11.7 Å². The summed E-state index contributed by atoms with van der Waals surface area (Å²) in [5.74, 6) is -0.568. The summed E-state index contributed by atoms with van der Waals surface area (Å²) in [6, 6.07) is 3.34. The molecule has 1 aromatic heterocycles. The van der Waals surface area contributed by atoms with Crippen molar-refractivity contribution in [1.29, 1.82) is 0 Å². The number of hydrogen-bond donors (Lipinski definition) is 2. The van der Waals surface area contributed by atoms with Crippen LogP contribution < -0.4 is 21.4 Å². The second-order valence-corrected chi connectivity index (χ2v) is 4.64. The number of rotatable bonds is 3. The number of halogens is 1. The van der Waals surface area contributed by atoms with Crippen LogP contribution in [0.5, 0.6) is 5.75 Å². The fourth-order valence-electron chi connectivity index (χ4n) is 1.75. The fraction of sp³-hybridized carbons (Fsp3) is 0.154. The highest BCUT2D eigenvalue weighted by molar-refractivity contribution is 6.32. The molecule has 0 spiro atoms. The third kappa shape index (κ3) is 3.51. The monoisotopic (exact) mass is 310 g/mol. The van der Waals surface area contributed by atoms with Gasteiger partial charge < -0.3 is 14.9 Å². The SMILES string of the molecule is Cc1cc(=O)oc2cc(OCC(=O)NC(N)=O)c(Cl)cc12. The Morgan fingerprint density at radius 1 is 1.38 bits per heavy atom. The van der Waals surface area contributed by atoms with E-state index >= 15 is 0 Å². The van der Waals surface area contributed by atoms with Crippen molar-refractivity contribution in [2.45, 2.75) is 6.92 Å². The van der Waals surface area contributed by atoms with E-state index in [0.29, 0.717) is 10.9 Å². The maximum Gasteiger partial charge on any atom is 0.336 e. The number of benzene rings is 1. The van der Waals surface area contributed by atoms with Gasteiger partial charge in [-0.3, -0.25) is 10.1 Å². The molecule has 0 saturated carbocycles. The highest BCUT2D eigenvalue weighted by Crippen LogP contribution is 2.30. The third-order valence-electron chi connectivity index (χ3n) is 2.63. The Morgan fingerprint density at radius 3 is 2.76 bits per heavy atom. The van der Waals surface area contributed by atoms with Crippen molar-refractivity contribution >= 4 is 34.5 Å². The van der Waals surface area contributed by atoms with Crippen LogP contribution >= 0.6 is 11.6 Å². The Kier molecular flexibility index (Phi) is 4.13. The minimum Gasteiger partial charge on any atom is -0.482 e. The number of imide groups is 1. The predicted molar refractivity (Wildman–Crippen MR) is 75.5 cm³/mol. The largest absolute Gasteiger partial charge is 0.482 e. The second-order valence-electron chi connectivity index (χ2n) is 4.23. The van der Waals surface area contributed by atoms with E-state index in [2.05, 4.69) is 0 Å². The summed E-state index contributed by atoms with van der Waals surface area (Å²) in [5.41, 5.74) is 5.29. The molecule has 7 nitrogen and oxygen atoms in total. The van der Waals surface area contributed by atoms with Gasteiger partial charge in [0.25, 0.3) is 5.91 Å². The lowest BCUT2D eigenvalue weighted by Gasteiger charge is -2.09. The van der Waals surface area contributed by atoms with Gasteiger partial charge in [0.05, 0.1) is 5.02 Å². The lowest BCUT2D eigenvalue weighted by molar-refractivity contribution is -0.121. The molecule has 0 bridgehead atoms. The van der Waals surface area contributed by atoms with Gasteiger partial charge in [0.1, 0.15) is 11.3 Å². The van der Waals surface area contributed by atoms with E-state index < -0.39 is 24.2 Å². The minimum absolute atomic E-state index is 0.150. The van der Waals surface area contributed by atoms with Gasteiger partial charge in [-0.25, -0.2) is 9.59 Å². The van der Waals surface area contributed by atoms with E-state index in [1.807, 2.05) is 5.32 Å². The highest BCUT2D eigenvalue weighted by atomic mass is 35.5. The molecule has 0 saturated heterocycles. The first kappa shape index (κ1) is 14.9. The molecule has 0 unspecified atom stereocenters. The lowest BCUT2D eigenvalue weighted by Crippen LogP contribution is -2.38. The van der Waals surface area contributed by atoms with Crippen LogP contribution in [0.25, 0.3) is 11.0 Å². The number of ether oxygens (including phenoxy) is 1. The first-order chi connectivity index (χ1) is 9.86. The van der Waals surface area contributed by atoms with Crippen molar-refractivity contribution < 1.29 is 18.7 Å². The number of amides is 3. The predicted octanol–water partition coefficient (Wildman–Crippen LogP) is 1.33. The zero-order chi connectivity index (χ0) is 15.6. The van der Waals surface area contributed by atoms with Crippen LogP contribution in [0.1, 0.15) is 5.56 Å². The molecule has 0 aliphatic rings. The first-order valence-corrected chi connectivity index (χ1v) is 6.20. The van der Waals surface area contributed by atoms with Crippen LogP contribution in [0.3, 0.4) is 0 Å². The molecule has 2 aromatic rings. The number of primary amides is 1. The first-order valence-electron chi connectivity index (χ1n) is 5.83. The van der Waals surface area contributed by atoms with Crippen LogP contribution in [-0.4, -0.2) is 18.5 Å². The summed E-state index contributed by atoms with van der Waals surface area (Å²) in [6.45, 7) is 1.29. The summed E-state index contributed by atoms with van der Waals surface area (Å²) in [7, 11) is 0. The fourth-order valence-corrected chi connectivity index (χ4v) is 1.97. The number of nitrogens with one attached hydrogen (secondary N) is 1. The summed E-state index contributed by atoms with van der Waals surface area (Å²) in [6.07, 6.45) is 0. The van der Waals surface area contributed by atoms with E-state index in [0.717, 1.165) is 0 Å². The van der Waals surface area contributed by atoms with E-state index in [4.69, 9.17) is 26.5 Å². The molecule has 8 heteroatoms. The molecule has 1 aromatic carbocycles. The molecule has 0 radical (unpaired) electrons. The number of urea groups is 1. The maximum absolute atomic E-state index is 11.3. The minimum atomic E-state index is -0.977. The zero-order valence-electron chi connectivity index (χ0n) is 10.9. The second kappa shape index (κ2) is 5.84. The molecule has 0 fully saturated rings. The molecule has 2 rings (SSSR count). The van der Waals surface area contributed by atoms with Gasteiger partial charge in [0.15, 0.2) is 6.61 Å². The molecule has 3 N–H and O–H groups in total. The summed E-state index contributed by atoms with van der Waals surface area (Å²) >= 11 is 6.04. The Morgan fingerprint density at radius 2 is 2.10 bits per heavy atom. The standard InChI is InChI=1S/C13H11ClN2O5/c1-6-2-12(18)21-9-4-10(8(14)3-7(6)9)20-5-11(17)16-13(15)19/h2-4H,5H2,1H3,(H3,15,16,17,19). The maximum atomic E-state index is 11.3. The number of aryl methyl sites for hydroxylation is 1. The van der Waals surface area contributed by atoms with Gasteiger partial charge in [-0.2, -0.15) is 0 Å². The average molecular weight is 311 g/mol. The number of carbonyl (C=O) groups is 2. The van der Waals surface area contributed by atoms with Crippen molar-refractivity contribution in [3.8, 4) is 5.75 Å². The van der Waals surface area contributed by atoms with Crippen LogP contribution in [0.15, 0.2) is 27.4 Å². The molecular weight excluding hydrogens is 300 g/mol. The normalized spacial score (nSPS) is 10.4. The summed E-state index contributed by atoms with van der Waals surface area (Å²) < 4.78 is 10.2. The highest BCUT2D eigenvalue weighted by Gasteiger charge is 2.11. The number of nitrogens with two attached hydrogens (primary N) is 1. The molecule has 21 heavy (non-hydrogen) atoms. The van der Waals surface area contributed by atoms with E-state index in [9.17, 15) is 14.4 Å². The number of hydrogen-bond acceptors (Lipinski definition) is 5. The molecule has 110 valence electrons. The van der Waals surface area contributed by atoms with E-state index in [-0.39, 0.29) is 16.4 Å². The summed E-state index contributed by atoms with van der Waals surface area (Å²) in [5, 5.41) is 2.75. The van der Waals surface area contributed by atoms with Crippen LogP contribution in [-0.2, 0) is 4.79 Å². The Bertz CT molecular complexity index is 784. The van der Waals surface area contributed by atoms with Crippen LogP contribution in [0.4, 0.5) is 4.79 Å². The van der Waals surface area contributed by atoms with E-state index in [1.165, 1.54) is 12.1 Å². The molecule has 1 heterocycles. The van der Waals surface area contributed by atoms with Crippen molar-refractivity contribution in [2.24, 2.45) is 5.73 Å². The molecule has 0 atom stereocenters. The molecule has 3 amide bonds. The topological polar surface area (TPSA) is 112 Å². The van der Waals surface area contributed by atoms with Crippen molar-refractivity contribution in [1.82, 2.24) is 5.32 Å². The number of fused-ring (bicyclic) bond motifs is 1. The lowest BCUT2D eigenvalue weighted by atomic mass is 10.1. The summed E-state index contributed by atoms with van der Waals surface area (Å²) in [4.78, 5) is 33.1. The van der Waals surface area contributed by atoms with Gasteiger partial charge in [0.2, 0.25) is 0 Å². The van der Waals surface area contributed by atoms with E-state index in [1.54, 1.807) is 13.0 Å². The van der Waals surface area contributed by atoms with Gasteiger partial charge in [0, 0.05) is 17.5 Å². The molecule has 0 aliphatic heterocycles. The quantitative estimate of drug-likeness (QED) is 0.831. The van der Waals surface area contributed by atoms with Gasteiger partial charge in [-0.1, -0.05) is 11.6 Å². The van der Waals surface area contributed by atoms with Crippen molar-refractivity contribution in [3.63, 3.8) is 0 Å². The molecular formula is C13H11ClN2O5. The average Bonchev–Trinajstić information content (AvgIpc) is 2.36. The Labute approximate surface area is 123 Å². The zero-order valence-corrected chi connectivity index (χ0v) is 11.7. The van der Waals surface area contributed by atoms with Crippen molar-refractivity contribution in [2.75, 3.05) is 6.61 Å². The number of carbonyl (C=O) groups excluding carboxylic acids is 2. The van der Waals surface area contributed by atoms with Gasteiger partial charge in [-0.05, 0) is 18.6 Å². The van der Waals surface area contributed by atoms with Gasteiger partial charge in [-0.15, -0.1) is 0 Å².